The smallest absolute Gasteiger partial charge is 0.449 e. The van der Waals surface area contributed by atoms with Crippen LogP contribution in [-0.2, 0) is 25.6 Å². The summed E-state index contributed by atoms with van der Waals surface area (Å²) in [5.74, 6) is -0.544. The van der Waals surface area contributed by atoms with E-state index in [1.165, 1.54) is 6.07 Å². The maximum atomic E-state index is 13.2. The van der Waals surface area contributed by atoms with Crippen molar-refractivity contribution in [1.29, 1.82) is 0 Å². The van der Waals surface area contributed by atoms with Crippen molar-refractivity contribution in [2.75, 3.05) is 11.9 Å². The van der Waals surface area contributed by atoms with Crippen LogP contribution in [0.1, 0.15) is 29.6 Å². The molecule has 4 rings (SSSR count). The van der Waals surface area contributed by atoms with Gasteiger partial charge in [-0.2, -0.15) is 13.2 Å². The lowest BCUT2D eigenvalue weighted by atomic mass is 10.1. The van der Waals surface area contributed by atoms with E-state index in [-0.39, 0.29) is 28.9 Å². The molecule has 9 heteroatoms. The molecule has 0 amide bonds. The summed E-state index contributed by atoms with van der Waals surface area (Å²) in [6.07, 6.45) is -2.07. The van der Waals surface area contributed by atoms with E-state index in [0.717, 1.165) is 5.56 Å². The number of furan rings is 1. The first kappa shape index (κ1) is 19.4. The minimum absolute atomic E-state index is 0.00321. The number of rotatable bonds is 4. The predicted molar refractivity (Wildman–Crippen MR) is 100 cm³/mol. The molecule has 1 aliphatic heterocycles. The average molecular weight is 404 g/mol. The van der Waals surface area contributed by atoms with Crippen molar-refractivity contribution in [3.05, 3.63) is 64.4 Å². The van der Waals surface area contributed by atoms with Gasteiger partial charge in [-0.1, -0.05) is 19.1 Å². The lowest BCUT2D eigenvalue weighted by Gasteiger charge is -2.21. The normalized spacial score (nSPS) is 16.1. The molecule has 0 saturated carbocycles. The Bertz CT molecular complexity index is 1030. The van der Waals surface area contributed by atoms with Crippen LogP contribution in [-0.4, -0.2) is 16.5 Å². The van der Waals surface area contributed by atoms with Crippen molar-refractivity contribution in [2.45, 2.75) is 32.5 Å². The van der Waals surface area contributed by atoms with Gasteiger partial charge in [0.25, 0.3) is 0 Å². The Kier molecular flexibility index (Phi) is 5.01. The van der Waals surface area contributed by atoms with E-state index in [1.54, 1.807) is 25.3 Å². The highest BCUT2D eigenvalue weighted by molar-refractivity contribution is 5.74. The van der Waals surface area contributed by atoms with Gasteiger partial charge in [-0.3, -0.25) is 0 Å². The Morgan fingerprint density at radius 2 is 2.07 bits per heavy atom. The van der Waals surface area contributed by atoms with E-state index in [2.05, 4.69) is 15.3 Å². The Morgan fingerprint density at radius 3 is 2.83 bits per heavy atom. The molecule has 1 aliphatic rings. The van der Waals surface area contributed by atoms with Crippen LogP contribution in [0.15, 0.2) is 40.9 Å². The van der Waals surface area contributed by atoms with E-state index < -0.39 is 11.9 Å². The van der Waals surface area contributed by atoms with Gasteiger partial charge in [0.15, 0.2) is 0 Å². The number of fused-ring (bicyclic) bond motifs is 3. The van der Waals surface area contributed by atoms with Crippen LogP contribution in [0.4, 0.5) is 24.8 Å². The van der Waals surface area contributed by atoms with Crippen LogP contribution in [0.25, 0.3) is 11.3 Å². The van der Waals surface area contributed by atoms with Crippen LogP contribution in [0, 0.1) is 5.21 Å². The van der Waals surface area contributed by atoms with Crippen LogP contribution in [0.3, 0.4) is 0 Å². The lowest BCUT2D eigenvalue weighted by Crippen LogP contribution is -3.02. The Labute approximate surface area is 165 Å². The summed E-state index contributed by atoms with van der Waals surface area (Å²) in [5, 5.41) is 15.2. The molecule has 0 radical (unpaired) electrons. The van der Waals surface area contributed by atoms with E-state index in [0.29, 0.717) is 36.3 Å². The van der Waals surface area contributed by atoms with Gasteiger partial charge in [0.05, 0.1) is 17.8 Å². The third-order valence-corrected chi connectivity index (χ3v) is 4.87. The van der Waals surface area contributed by atoms with Crippen molar-refractivity contribution in [2.24, 2.45) is 0 Å². The predicted octanol–water partition coefficient (Wildman–Crippen LogP) is 3.50. The van der Waals surface area contributed by atoms with Gasteiger partial charge in [-0.25, -0.2) is 9.97 Å². The van der Waals surface area contributed by atoms with Crippen LogP contribution in [0.2, 0.25) is 0 Å². The van der Waals surface area contributed by atoms with Crippen LogP contribution in [0.5, 0.6) is 0 Å². The van der Waals surface area contributed by atoms with Crippen molar-refractivity contribution < 1.29 is 22.7 Å². The Hall–Kier alpha value is -2.91. The molecular weight excluding hydrogens is 385 g/mol. The fraction of sp³-hybridized carbons (Fsp3) is 0.300. The highest BCUT2D eigenvalue weighted by Crippen LogP contribution is 2.35. The van der Waals surface area contributed by atoms with Gasteiger partial charge >= 0.3 is 6.18 Å². The minimum Gasteiger partial charge on any atom is -0.629 e. The minimum atomic E-state index is -4.57. The second-order valence-electron chi connectivity index (χ2n) is 6.81. The average Bonchev–Trinajstić information content (AvgIpc) is 3.09. The molecule has 0 fully saturated rings. The van der Waals surface area contributed by atoms with E-state index in [9.17, 15) is 18.4 Å². The highest BCUT2D eigenvalue weighted by Gasteiger charge is 2.38. The molecule has 0 spiro atoms. The first-order chi connectivity index (χ1) is 13.9. The molecule has 0 bridgehead atoms. The molecule has 0 saturated heterocycles. The maximum Gasteiger partial charge on any atom is 0.449 e. The number of benzene rings is 1. The van der Waals surface area contributed by atoms with Gasteiger partial charge in [-0.05, 0) is 12.1 Å². The van der Waals surface area contributed by atoms with Gasteiger partial charge in [-0.15, -0.1) is 0 Å². The Morgan fingerprint density at radius 1 is 1.28 bits per heavy atom. The SMILES string of the molecule is CCc1cc(CNc2ncc3c(n2)-c2ccccc2[NH+]([O-])CC3)c(C(F)(F)F)o1. The summed E-state index contributed by atoms with van der Waals surface area (Å²) in [7, 11) is 0. The third kappa shape index (κ3) is 3.83. The maximum absolute atomic E-state index is 13.2. The molecule has 6 nitrogen and oxygen atoms in total. The summed E-state index contributed by atoms with van der Waals surface area (Å²) in [5.41, 5.74) is 2.77. The molecule has 152 valence electrons. The third-order valence-electron chi connectivity index (χ3n) is 4.87. The highest BCUT2D eigenvalue weighted by atomic mass is 19.4. The first-order valence-electron chi connectivity index (χ1n) is 9.28. The van der Waals surface area contributed by atoms with Gasteiger partial charge in [0, 0.05) is 42.8 Å². The molecule has 1 aromatic carbocycles. The van der Waals surface area contributed by atoms with Crippen LogP contribution >= 0.6 is 0 Å². The molecule has 1 unspecified atom stereocenters. The quantitative estimate of drug-likeness (QED) is 0.651. The van der Waals surface area contributed by atoms with Crippen molar-refractivity contribution in [1.82, 2.24) is 9.97 Å². The molecular formula is C20H19F3N4O2. The number of alkyl halides is 3. The topological polar surface area (TPSA) is 78.5 Å². The zero-order chi connectivity index (χ0) is 20.6. The number of hydrogen-bond donors (Lipinski definition) is 2. The number of hydrogen-bond acceptors (Lipinski definition) is 5. The zero-order valence-corrected chi connectivity index (χ0v) is 15.6. The number of quaternary nitrogens is 1. The number of halogens is 3. The summed E-state index contributed by atoms with van der Waals surface area (Å²) < 4.78 is 44.6. The van der Waals surface area contributed by atoms with Gasteiger partial charge in [0.2, 0.25) is 11.7 Å². The number of nitrogens with zero attached hydrogens (tertiary/aromatic N) is 2. The second kappa shape index (κ2) is 7.49. The van der Waals surface area contributed by atoms with E-state index >= 15 is 0 Å². The number of aryl methyl sites for hydroxylation is 1. The van der Waals surface area contributed by atoms with Crippen molar-refractivity contribution >= 4 is 11.6 Å². The standard InChI is InChI=1S/C20H19F3N4O2/c1-2-14-9-13(18(29-14)20(21,22)23)11-25-19-24-10-12-7-8-27(28)16-6-4-3-5-15(16)17(12)26-19/h3-6,9-10,27H,2,7-8,11H2,1H3,(H,24,25,26). The zero-order valence-electron chi connectivity index (χ0n) is 15.6. The van der Waals surface area contributed by atoms with Gasteiger partial charge < -0.3 is 20.0 Å². The fourth-order valence-electron chi connectivity index (χ4n) is 3.43. The van der Waals surface area contributed by atoms with Crippen LogP contribution < -0.4 is 10.4 Å². The summed E-state index contributed by atoms with van der Waals surface area (Å²) >= 11 is 0. The number of para-hydroxylation sites is 1. The molecule has 1 atom stereocenters. The summed E-state index contributed by atoms with van der Waals surface area (Å²) in [6.45, 7) is 1.96. The fourth-order valence-corrected chi connectivity index (χ4v) is 3.43. The molecule has 29 heavy (non-hydrogen) atoms. The lowest BCUT2D eigenvalue weighted by molar-refractivity contribution is -0.775. The van der Waals surface area contributed by atoms with Crippen molar-refractivity contribution in [3.8, 4) is 11.3 Å². The van der Waals surface area contributed by atoms with E-state index in [1.807, 2.05) is 12.1 Å². The first-order valence-corrected chi connectivity index (χ1v) is 9.28. The molecule has 0 aliphatic carbocycles. The summed E-state index contributed by atoms with van der Waals surface area (Å²) in [4.78, 5) is 8.72. The largest absolute Gasteiger partial charge is 0.629 e. The molecule has 3 aromatic rings. The number of nitrogens with one attached hydrogen (secondary N) is 2. The number of hydroxylamine groups is 1. The van der Waals surface area contributed by atoms with Crippen molar-refractivity contribution in [3.63, 3.8) is 0 Å². The summed E-state index contributed by atoms with van der Waals surface area (Å²) in [6, 6.07) is 8.59. The number of aromatic nitrogens is 2. The molecule has 2 aromatic heterocycles. The molecule has 3 heterocycles. The second-order valence-corrected chi connectivity index (χ2v) is 6.81. The number of anilines is 1. The van der Waals surface area contributed by atoms with Gasteiger partial charge in [0.1, 0.15) is 11.4 Å². The monoisotopic (exact) mass is 404 g/mol. The molecule has 2 N–H and O–H groups in total. The van der Waals surface area contributed by atoms with E-state index in [4.69, 9.17) is 4.42 Å². The Balaban J connectivity index is 1.64.